The van der Waals surface area contributed by atoms with Gasteiger partial charge in [0.2, 0.25) is 5.91 Å². The van der Waals surface area contributed by atoms with Crippen LogP contribution in [0.1, 0.15) is 42.6 Å². The highest BCUT2D eigenvalue weighted by molar-refractivity contribution is 5.96. The highest BCUT2D eigenvalue weighted by Crippen LogP contribution is 2.17. The van der Waals surface area contributed by atoms with Gasteiger partial charge in [-0.25, -0.2) is 0 Å². The molecule has 0 aliphatic rings. The Morgan fingerprint density at radius 2 is 1.48 bits per heavy atom. The summed E-state index contributed by atoms with van der Waals surface area (Å²) in [7, 11) is 0. The minimum absolute atomic E-state index is 0.00869. The molecule has 0 radical (unpaired) electrons. The van der Waals surface area contributed by atoms with Crippen molar-refractivity contribution in [2.24, 2.45) is 0 Å². The third-order valence-corrected chi connectivity index (χ3v) is 3.61. The largest absolute Gasteiger partial charge is 0.376 e. The van der Waals surface area contributed by atoms with Crippen LogP contribution in [-0.2, 0) is 4.79 Å². The first kappa shape index (κ1) is 16.7. The number of benzene rings is 2. The number of Topliss-reactive ketones (excluding diaryl/α,β-unsaturated/α-hetero) is 1. The molecule has 2 rings (SSSR count). The van der Waals surface area contributed by atoms with E-state index in [4.69, 9.17) is 0 Å². The summed E-state index contributed by atoms with van der Waals surface area (Å²) in [5.41, 5.74) is 3.49. The summed E-state index contributed by atoms with van der Waals surface area (Å²) in [5, 5.41) is 5.89. The highest BCUT2D eigenvalue weighted by Gasteiger charge is 2.04. The van der Waals surface area contributed by atoms with Crippen molar-refractivity contribution in [1.82, 2.24) is 0 Å². The molecule has 0 atom stereocenters. The van der Waals surface area contributed by atoms with Crippen molar-refractivity contribution in [3.05, 3.63) is 59.7 Å². The molecule has 2 aromatic rings. The summed E-state index contributed by atoms with van der Waals surface area (Å²) in [6, 6.07) is 14.9. The molecule has 2 N–H and O–H groups in total. The van der Waals surface area contributed by atoms with Gasteiger partial charge in [-0.3, -0.25) is 9.59 Å². The van der Waals surface area contributed by atoms with E-state index in [1.165, 1.54) is 12.5 Å². The van der Waals surface area contributed by atoms with Gasteiger partial charge in [-0.05, 0) is 54.8 Å². The fourth-order valence-electron chi connectivity index (χ4n) is 2.16. The molecule has 0 saturated carbocycles. The van der Waals surface area contributed by atoms with E-state index in [0.717, 1.165) is 5.69 Å². The van der Waals surface area contributed by atoms with E-state index in [2.05, 4.69) is 36.6 Å². The Labute approximate surface area is 136 Å². The number of hydrogen-bond acceptors (Lipinski definition) is 3. The summed E-state index contributed by atoms with van der Waals surface area (Å²) in [6.45, 7) is 6.00. The molecular formula is C19H22N2O2. The summed E-state index contributed by atoms with van der Waals surface area (Å²) in [6.07, 6.45) is 0. The van der Waals surface area contributed by atoms with Crippen LogP contribution in [0.5, 0.6) is 0 Å². The Kier molecular flexibility index (Phi) is 5.52. The molecule has 1 amide bonds. The van der Waals surface area contributed by atoms with Crippen LogP contribution < -0.4 is 10.6 Å². The Morgan fingerprint density at radius 1 is 0.913 bits per heavy atom. The molecule has 2 aromatic carbocycles. The number of carbonyl (C=O) groups is 2. The number of rotatable bonds is 6. The van der Waals surface area contributed by atoms with Crippen molar-refractivity contribution in [1.29, 1.82) is 0 Å². The van der Waals surface area contributed by atoms with Crippen molar-refractivity contribution in [3.63, 3.8) is 0 Å². The predicted molar refractivity (Wildman–Crippen MR) is 94.1 cm³/mol. The first-order chi connectivity index (χ1) is 11.0. The van der Waals surface area contributed by atoms with Crippen molar-refractivity contribution in [3.8, 4) is 0 Å². The lowest BCUT2D eigenvalue weighted by molar-refractivity contribution is -0.114. The monoisotopic (exact) mass is 310 g/mol. The van der Waals surface area contributed by atoms with Crippen LogP contribution in [-0.4, -0.2) is 18.2 Å². The second-order valence-corrected chi connectivity index (χ2v) is 5.81. The maximum Gasteiger partial charge on any atom is 0.243 e. The molecule has 120 valence electrons. The van der Waals surface area contributed by atoms with Gasteiger partial charge in [0, 0.05) is 16.9 Å². The van der Waals surface area contributed by atoms with Gasteiger partial charge in [0.05, 0.1) is 6.54 Å². The van der Waals surface area contributed by atoms with Crippen LogP contribution in [0.4, 0.5) is 11.4 Å². The van der Waals surface area contributed by atoms with Crippen LogP contribution in [0.3, 0.4) is 0 Å². The van der Waals surface area contributed by atoms with Crippen LogP contribution in [0.25, 0.3) is 0 Å². The Bertz CT molecular complexity index is 674. The van der Waals surface area contributed by atoms with Crippen LogP contribution in [0, 0.1) is 0 Å². The average molecular weight is 310 g/mol. The third-order valence-electron chi connectivity index (χ3n) is 3.61. The van der Waals surface area contributed by atoms with Gasteiger partial charge in [0.1, 0.15) is 0 Å². The van der Waals surface area contributed by atoms with Gasteiger partial charge >= 0.3 is 0 Å². The fourth-order valence-corrected chi connectivity index (χ4v) is 2.16. The lowest BCUT2D eigenvalue weighted by Crippen LogP contribution is -2.21. The number of nitrogens with one attached hydrogen (secondary N) is 2. The third kappa shape index (κ3) is 4.95. The molecule has 0 heterocycles. The highest BCUT2D eigenvalue weighted by atomic mass is 16.2. The second kappa shape index (κ2) is 7.58. The van der Waals surface area contributed by atoms with Crippen LogP contribution in [0.15, 0.2) is 48.5 Å². The molecule has 4 heteroatoms. The summed E-state index contributed by atoms with van der Waals surface area (Å²) < 4.78 is 0. The van der Waals surface area contributed by atoms with Crippen molar-refractivity contribution in [2.45, 2.75) is 26.7 Å². The van der Waals surface area contributed by atoms with E-state index in [0.29, 0.717) is 17.2 Å². The molecule has 0 saturated heterocycles. The summed E-state index contributed by atoms with van der Waals surface area (Å²) in [4.78, 5) is 23.1. The number of carbonyl (C=O) groups excluding carboxylic acids is 2. The van der Waals surface area contributed by atoms with E-state index in [9.17, 15) is 9.59 Å². The van der Waals surface area contributed by atoms with Crippen molar-refractivity contribution >= 4 is 23.1 Å². The molecule has 0 spiro atoms. The van der Waals surface area contributed by atoms with E-state index < -0.39 is 0 Å². The Balaban J connectivity index is 1.86. The fraction of sp³-hybridized carbons (Fsp3) is 0.263. The first-order valence-corrected chi connectivity index (χ1v) is 7.70. The number of hydrogen-bond donors (Lipinski definition) is 2. The van der Waals surface area contributed by atoms with Crippen molar-refractivity contribution < 1.29 is 9.59 Å². The van der Waals surface area contributed by atoms with Crippen LogP contribution in [0.2, 0.25) is 0 Å². The van der Waals surface area contributed by atoms with Crippen molar-refractivity contribution in [2.75, 3.05) is 17.2 Å². The predicted octanol–water partition coefficient (Wildman–Crippen LogP) is 4.06. The zero-order valence-corrected chi connectivity index (χ0v) is 13.7. The molecule has 4 nitrogen and oxygen atoms in total. The SMILES string of the molecule is CC(=O)c1ccc(NC(=O)CNc2ccc(C(C)C)cc2)cc1. The van der Waals surface area contributed by atoms with E-state index in [1.807, 2.05) is 12.1 Å². The molecule has 0 aromatic heterocycles. The van der Waals surface area contributed by atoms with Gasteiger partial charge in [-0.1, -0.05) is 26.0 Å². The summed E-state index contributed by atoms with van der Waals surface area (Å²) in [5.74, 6) is 0.369. The lowest BCUT2D eigenvalue weighted by Gasteiger charge is -2.10. The zero-order valence-electron chi connectivity index (χ0n) is 13.7. The Morgan fingerprint density at radius 3 is 2.00 bits per heavy atom. The summed E-state index contributed by atoms with van der Waals surface area (Å²) >= 11 is 0. The molecule has 0 fully saturated rings. The lowest BCUT2D eigenvalue weighted by atomic mass is 10.0. The first-order valence-electron chi connectivity index (χ1n) is 7.70. The normalized spacial score (nSPS) is 10.4. The van der Waals surface area contributed by atoms with E-state index in [-0.39, 0.29) is 18.2 Å². The van der Waals surface area contributed by atoms with E-state index in [1.54, 1.807) is 24.3 Å². The van der Waals surface area contributed by atoms with Gasteiger partial charge in [-0.15, -0.1) is 0 Å². The Hall–Kier alpha value is -2.62. The average Bonchev–Trinajstić information content (AvgIpc) is 2.54. The number of amides is 1. The topological polar surface area (TPSA) is 58.2 Å². The van der Waals surface area contributed by atoms with E-state index >= 15 is 0 Å². The van der Waals surface area contributed by atoms with Gasteiger partial charge < -0.3 is 10.6 Å². The number of anilines is 2. The van der Waals surface area contributed by atoms with Crippen LogP contribution >= 0.6 is 0 Å². The molecule has 23 heavy (non-hydrogen) atoms. The maximum absolute atomic E-state index is 11.9. The molecule has 0 bridgehead atoms. The second-order valence-electron chi connectivity index (χ2n) is 5.81. The number of ketones is 1. The molecule has 0 aliphatic heterocycles. The van der Waals surface area contributed by atoms with Gasteiger partial charge in [0.25, 0.3) is 0 Å². The maximum atomic E-state index is 11.9. The minimum Gasteiger partial charge on any atom is -0.376 e. The van der Waals surface area contributed by atoms with Gasteiger partial charge in [-0.2, -0.15) is 0 Å². The molecular weight excluding hydrogens is 288 g/mol. The standard InChI is InChI=1S/C19H22N2O2/c1-13(2)15-4-8-17(9-5-15)20-12-19(23)21-18-10-6-16(7-11-18)14(3)22/h4-11,13,20H,12H2,1-3H3,(H,21,23). The zero-order chi connectivity index (χ0) is 16.8. The quantitative estimate of drug-likeness (QED) is 0.791. The minimum atomic E-state index is -0.131. The smallest absolute Gasteiger partial charge is 0.243 e. The molecule has 0 unspecified atom stereocenters. The molecule has 0 aliphatic carbocycles. The van der Waals surface area contributed by atoms with Gasteiger partial charge in [0.15, 0.2) is 5.78 Å².